The highest BCUT2D eigenvalue weighted by atomic mass is 16.5. The minimum absolute atomic E-state index is 0.0510. The lowest BCUT2D eigenvalue weighted by Gasteiger charge is -2.35. The van der Waals surface area contributed by atoms with Crippen LogP contribution in [0.3, 0.4) is 0 Å². The van der Waals surface area contributed by atoms with Crippen LogP contribution in [0.5, 0.6) is 0 Å². The van der Waals surface area contributed by atoms with E-state index in [1.807, 2.05) is 43.0 Å². The molecule has 31 heavy (non-hydrogen) atoms. The summed E-state index contributed by atoms with van der Waals surface area (Å²) >= 11 is 0. The van der Waals surface area contributed by atoms with Gasteiger partial charge in [-0.1, -0.05) is 29.4 Å². The maximum Gasteiger partial charge on any atom is 0.251 e. The van der Waals surface area contributed by atoms with Crippen LogP contribution in [0.1, 0.15) is 37.6 Å². The van der Waals surface area contributed by atoms with E-state index in [0.29, 0.717) is 38.0 Å². The summed E-state index contributed by atoms with van der Waals surface area (Å²) in [6, 6.07) is 8.00. The van der Waals surface area contributed by atoms with E-state index in [-0.39, 0.29) is 12.0 Å². The molecule has 0 spiro atoms. The van der Waals surface area contributed by atoms with Gasteiger partial charge in [-0.05, 0) is 38.7 Å². The maximum atomic E-state index is 12.7. The Balaban J connectivity index is 1.22. The summed E-state index contributed by atoms with van der Waals surface area (Å²) in [7, 11) is 0. The van der Waals surface area contributed by atoms with Crippen molar-refractivity contribution >= 4 is 5.91 Å². The third kappa shape index (κ3) is 5.70. The molecule has 0 N–H and O–H groups in total. The van der Waals surface area contributed by atoms with Crippen LogP contribution in [-0.4, -0.2) is 77.4 Å². The molecule has 2 atom stereocenters. The lowest BCUT2D eigenvalue weighted by molar-refractivity contribution is -0.148. The average molecular weight is 429 g/mol. The first kappa shape index (κ1) is 21.9. The van der Waals surface area contributed by atoms with Crippen molar-refractivity contribution in [3.63, 3.8) is 0 Å². The van der Waals surface area contributed by atoms with Crippen LogP contribution < -0.4 is 0 Å². The molecule has 8 nitrogen and oxygen atoms in total. The van der Waals surface area contributed by atoms with Gasteiger partial charge in [0.15, 0.2) is 0 Å². The van der Waals surface area contributed by atoms with Crippen molar-refractivity contribution < 1.29 is 18.8 Å². The highest BCUT2D eigenvalue weighted by Gasteiger charge is 2.27. The average Bonchev–Trinajstić information content (AvgIpc) is 3.26. The predicted molar refractivity (Wildman–Crippen MR) is 115 cm³/mol. The van der Waals surface area contributed by atoms with Crippen LogP contribution in [0.4, 0.5) is 0 Å². The molecule has 2 unspecified atom stereocenters. The van der Waals surface area contributed by atoms with E-state index in [1.54, 1.807) is 0 Å². The summed E-state index contributed by atoms with van der Waals surface area (Å²) in [6.45, 7) is 8.64. The van der Waals surface area contributed by atoms with Gasteiger partial charge in [0.1, 0.15) is 6.10 Å². The molecule has 2 aliphatic rings. The Kier molecular flexibility index (Phi) is 7.32. The summed E-state index contributed by atoms with van der Waals surface area (Å²) in [5.41, 5.74) is 2.11. The van der Waals surface area contributed by atoms with Crippen molar-refractivity contribution in [2.24, 2.45) is 0 Å². The fourth-order valence-electron chi connectivity index (χ4n) is 4.09. The van der Waals surface area contributed by atoms with Gasteiger partial charge < -0.3 is 18.9 Å². The van der Waals surface area contributed by atoms with Crippen LogP contribution in [0.2, 0.25) is 0 Å². The fraction of sp³-hybridized carbons (Fsp3) is 0.609. The Labute approximate surface area is 183 Å². The van der Waals surface area contributed by atoms with Gasteiger partial charge in [0.05, 0.1) is 19.3 Å². The monoisotopic (exact) mass is 428 g/mol. The quantitative estimate of drug-likeness (QED) is 0.671. The number of amides is 1. The first-order valence-corrected chi connectivity index (χ1v) is 11.2. The molecule has 4 rings (SSSR count). The SMILES string of the molecule is Cc1ccccc1-c1noc(CN2CCN(C(=O)C(C)OCC3CCCCO3)CC2)n1. The molecule has 1 amide bonds. The Morgan fingerprint density at radius 1 is 1.23 bits per heavy atom. The van der Waals surface area contributed by atoms with E-state index >= 15 is 0 Å². The molecule has 2 saturated heterocycles. The summed E-state index contributed by atoms with van der Waals surface area (Å²) < 4.78 is 17.0. The van der Waals surface area contributed by atoms with Gasteiger partial charge in [-0.25, -0.2) is 0 Å². The van der Waals surface area contributed by atoms with E-state index in [0.717, 1.165) is 43.7 Å². The third-order valence-corrected chi connectivity index (χ3v) is 6.05. The Bertz CT molecular complexity index is 857. The fourth-order valence-corrected chi connectivity index (χ4v) is 4.09. The van der Waals surface area contributed by atoms with Gasteiger partial charge in [-0.15, -0.1) is 0 Å². The molecule has 1 aromatic carbocycles. The summed E-state index contributed by atoms with van der Waals surface area (Å²) in [5, 5.41) is 4.13. The first-order chi connectivity index (χ1) is 15.1. The second-order valence-corrected chi connectivity index (χ2v) is 8.39. The van der Waals surface area contributed by atoms with E-state index in [4.69, 9.17) is 14.0 Å². The first-order valence-electron chi connectivity index (χ1n) is 11.2. The van der Waals surface area contributed by atoms with Gasteiger partial charge in [0, 0.05) is 38.3 Å². The molecule has 2 aromatic rings. The normalized spacial score (nSPS) is 21.2. The molecule has 0 aliphatic carbocycles. The van der Waals surface area contributed by atoms with Crippen LogP contribution in [0.15, 0.2) is 28.8 Å². The lowest BCUT2D eigenvalue weighted by atomic mass is 10.1. The van der Waals surface area contributed by atoms with Gasteiger partial charge in [-0.3, -0.25) is 9.69 Å². The zero-order valence-corrected chi connectivity index (χ0v) is 18.5. The van der Waals surface area contributed by atoms with Crippen molar-refractivity contribution in [1.29, 1.82) is 0 Å². The van der Waals surface area contributed by atoms with Gasteiger partial charge in [0.25, 0.3) is 5.91 Å². The zero-order valence-electron chi connectivity index (χ0n) is 18.5. The number of hydrogen-bond acceptors (Lipinski definition) is 7. The van der Waals surface area contributed by atoms with E-state index in [2.05, 4.69) is 15.0 Å². The van der Waals surface area contributed by atoms with Crippen LogP contribution in [0.25, 0.3) is 11.4 Å². The molecule has 1 aromatic heterocycles. The number of hydrogen-bond donors (Lipinski definition) is 0. The highest BCUT2D eigenvalue weighted by Crippen LogP contribution is 2.20. The van der Waals surface area contributed by atoms with Gasteiger partial charge in [-0.2, -0.15) is 4.98 Å². The van der Waals surface area contributed by atoms with Gasteiger partial charge in [0.2, 0.25) is 11.7 Å². The smallest absolute Gasteiger partial charge is 0.251 e. The number of ether oxygens (including phenoxy) is 2. The molecular formula is C23H32N4O4. The number of rotatable bonds is 7. The van der Waals surface area contributed by atoms with E-state index < -0.39 is 6.10 Å². The predicted octanol–water partition coefficient (Wildman–Crippen LogP) is 2.66. The van der Waals surface area contributed by atoms with Crippen LogP contribution in [0, 0.1) is 6.92 Å². The largest absolute Gasteiger partial charge is 0.376 e. The molecule has 2 fully saturated rings. The molecule has 3 heterocycles. The van der Waals surface area contributed by atoms with Crippen molar-refractivity contribution in [2.45, 2.75) is 51.9 Å². The highest BCUT2D eigenvalue weighted by molar-refractivity contribution is 5.80. The topological polar surface area (TPSA) is 80.9 Å². The molecule has 8 heteroatoms. The van der Waals surface area contributed by atoms with Crippen molar-refractivity contribution in [1.82, 2.24) is 19.9 Å². The molecule has 168 valence electrons. The second kappa shape index (κ2) is 10.3. The number of piperazine rings is 1. The number of aryl methyl sites for hydroxylation is 1. The van der Waals surface area contributed by atoms with Crippen molar-refractivity contribution in [2.75, 3.05) is 39.4 Å². The minimum Gasteiger partial charge on any atom is -0.376 e. The second-order valence-electron chi connectivity index (χ2n) is 8.39. The minimum atomic E-state index is -0.440. The lowest BCUT2D eigenvalue weighted by Crippen LogP contribution is -2.51. The van der Waals surface area contributed by atoms with Crippen LogP contribution >= 0.6 is 0 Å². The standard InChI is InChI=1S/C23H32N4O4/c1-17-7-3-4-9-20(17)22-24-21(31-25-22)15-26-10-12-27(13-11-26)23(28)18(2)30-16-19-8-5-6-14-29-19/h3-4,7,9,18-19H,5-6,8,10-16H2,1-2H3. The maximum absolute atomic E-state index is 12.7. The van der Waals surface area contributed by atoms with Crippen LogP contribution in [-0.2, 0) is 20.8 Å². The van der Waals surface area contributed by atoms with E-state index in [1.165, 1.54) is 6.42 Å². The summed E-state index contributed by atoms with van der Waals surface area (Å²) in [6.07, 6.45) is 2.99. The van der Waals surface area contributed by atoms with Crippen molar-refractivity contribution in [3.8, 4) is 11.4 Å². The number of carbonyl (C=O) groups is 1. The Morgan fingerprint density at radius 2 is 2.03 bits per heavy atom. The van der Waals surface area contributed by atoms with Crippen molar-refractivity contribution in [3.05, 3.63) is 35.7 Å². The number of nitrogens with zero attached hydrogens (tertiary/aromatic N) is 4. The molecule has 0 bridgehead atoms. The third-order valence-electron chi connectivity index (χ3n) is 6.05. The Morgan fingerprint density at radius 3 is 2.77 bits per heavy atom. The molecule has 0 radical (unpaired) electrons. The summed E-state index contributed by atoms with van der Waals surface area (Å²) in [4.78, 5) is 21.4. The number of aromatic nitrogens is 2. The number of benzene rings is 1. The van der Waals surface area contributed by atoms with E-state index in [9.17, 15) is 4.79 Å². The summed E-state index contributed by atoms with van der Waals surface area (Å²) in [5.74, 6) is 1.27. The number of carbonyl (C=O) groups excluding carboxylic acids is 1. The Hall–Kier alpha value is -2.29. The molecular weight excluding hydrogens is 396 g/mol. The zero-order chi connectivity index (χ0) is 21.6. The molecule has 2 aliphatic heterocycles. The molecule has 0 saturated carbocycles. The van der Waals surface area contributed by atoms with Gasteiger partial charge >= 0.3 is 0 Å².